The summed E-state index contributed by atoms with van der Waals surface area (Å²) in [6.07, 6.45) is 0.402. The zero-order valence-electron chi connectivity index (χ0n) is 9.77. The Hall–Kier alpha value is -1.42. The average molecular weight is 237 g/mol. The summed E-state index contributed by atoms with van der Waals surface area (Å²) in [6, 6.07) is 5.71. The smallest absolute Gasteiger partial charge is 0.253 e. The van der Waals surface area contributed by atoms with E-state index < -0.39 is 11.9 Å². The summed E-state index contributed by atoms with van der Waals surface area (Å²) in [4.78, 5) is 13.7. The van der Waals surface area contributed by atoms with Crippen LogP contribution in [0.25, 0.3) is 0 Å². The number of carbonyl (C=O) groups excluding carboxylic acids is 1. The van der Waals surface area contributed by atoms with Gasteiger partial charge in [0.05, 0.1) is 6.10 Å². The monoisotopic (exact) mass is 237 g/mol. The van der Waals surface area contributed by atoms with E-state index in [1.807, 2.05) is 0 Å². The minimum absolute atomic E-state index is 0.132. The van der Waals surface area contributed by atoms with Gasteiger partial charge in [-0.3, -0.25) is 4.79 Å². The maximum absolute atomic E-state index is 13.0. The van der Waals surface area contributed by atoms with Crippen molar-refractivity contribution in [3.63, 3.8) is 0 Å². The highest BCUT2D eigenvalue weighted by atomic mass is 19.1. The minimum Gasteiger partial charge on any atom is -0.393 e. The number of halogens is 1. The number of carbonyl (C=O) groups is 1. The molecule has 1 fully saturated rings. The van der Waals surface area contributed by atoms with Crippen molar-refractivity contribution in [2.75, 3.05) is 13.1 Å². The molecule has 1 amide bonds. The summed E-state index contributed by atoms with van der Waals surface area (Å²) >= 11 is 0. The second-order valence-corrected chi connectivity index (χ2v) is 4.55. The first-order valence-corrected chi connectivity index (χ1v) is 5.81. The van der Waals surface area contributed by atoms with Gasteiger partial charge in [-0.25, -0.2) is 4.39 Å². The number of aliphatic hydroxyl groups is 1. The van der Waals surface area contributed by atoms with Crippen LogP contribution in [-0.2, 0) is 0 Å². The molecule has 0 aliphatic carbocycles. The van der Waals surface area contributed by atoms with E-state index in [9.17, 15) is 14.3 Å². The molecule has 2 atom stereocenters. The number of benzene rings is 1. The fourth-order valence-electron chi connectivity index (χ4n) is 2.17. The molecule has 0 aromatic heterocycles. The minimum atomic E-state index is -0.402. The normalized spacial score (nSPS) is 21.6. The van der Waals surface area contributed by atoms with E-state index in [2.05, 4.69) is 0 Å². The molecule has 2 rings (SSSR count). The van der Waals surface area contributed by atoms with Crippen LogP contribution in [0.15, 0.2) is 24.3 Å². The van der Waals surface area contributed by atoms with Crippen molar-refractivity contribution < 1.29 is 14.3 Å². The second kappa shape index (κ2) is 4.84. The highest BCUT2D eigenvalue weighted by Crippen LogP contribution is 2.21. The van der Waals surface area contributed by atoms with Crippen LogP contribution in [0.2, 0.25) is 0 Å². The first-order chi connectivity index (χ1) is 8.08. The molecule has 3 nitrogen and oxygen atoms in total. The first-order valence-electron chi connectivity index (χ1n) is 5.81. The summed E-state index contributed by atoms with van der Waals surface area (Å²) in [6.45, 7) is 2.92. The lowest BCUT2D eigenvalue weighted by molar-refractivity contribution is 0.0762. The Morgan fingerprint density at radius 3 is 2.94 bits per heavy atom. The predicted octanol–water partition coefficient (Wildman–Crippen LogP) is 1.67. The van der Waals surface area contributed by atoms with Crippen molar-refractivity contribution >= 4 is 5.91 Å². The largest absolute Gasteiger partial charge is 0.393 e. The Bertz CT molecular complexity index is 420. The number of amides is 1. The number of hydrogen-bond acceptors (Lipinski definition) is 2. The lowest BCUT2D eigenvalue weighted by atomic mass is 10.0. The van der Waals surface area contributed by atoms with Gasteiger partial charge in [0.15, 0.2) is 0 Å². The maximum atomic E-state index is 13.0. The third-order valence-corrected chi connectivity index (χ3v) is 3.27. The van der Waals surface area contributed by atoms with Crippen molar-refractivity contribution in [2.45, 2.75) is 19.4 Å². The van der Waals surface area contributed by atoms with E-state index in [-0.39, 0.29) is 11.8 Å². The fourth-order valence-corrected chi connectivity index (χ4v) is 2.17. The molecular weight excluding hydrogens is 221 g/mol. The number of aliphatic hydroxyl groups excluding tert-OH is 1. The Balaban J connectivity index is 2.07. The number of rotatable bonds is 2. The van der Waals surface area contributed by atoms with Gasteiger partial charge in [-0.1, -0.05) is 6.07 Å². The summed E-state index contributed by atoms with van der Waals surface area (Å²) in [5, 5.41) is 9.47. The van der Waals surface area contributed by atoms with Crippen LogP contribution in [0.1, 0.15) is 23.7 Å². The van der Waals surface area contributed by atoms with Crippen LogP contribution in [-0.4, -0.2) is 35.1 Å². The van der Waals surface area contributed by atoms with Crippen LogP contribution in [0.4, 0.5) is 4.39 Å². The number of nitrogens with zero attached hydrogens (tertiary/aromatic N) is 1. The van der Waals surface area contributed by atoms with Crippen molar-refractivity contribution in [1.29, 1.82) is 0 Å². The standard InChI is InChI=1S/C13H16FNO2/c1-9(16)11-5-6-15(8-11)13(17)10-3-2-4-12(14)7-10/h2-4,7,9,11,16H,5-6,8H2,1H3. The zero-order chi connectivity index (χ0) is 12.4. The van der Waals surface area contributed by atoms with Gasteiger partial charge in [-0.05, 0) is 31.5 Å². The van der Waals surface area contributed by atoms with E-state index in [4.69, 9.17) is 0 Å². The van der Waals surface area contributed by atoms with E-state index in [1.54, 1.807) is 17.9 Å². The molecule has 2 unspecified atom stereocenters. The van der Waals surface area contributed by atoms with E-state index >= 15 is 0 Å². The van der Waals surface area contributed by atoms with Gasteiger partial charge in [-0.2, -0.15) is 0 Å². The molecule has 1 aliphatic rings. The Kier molecular flexibility index (Phi) is 3.43. The lowest BCUT2D eigenvalue weighted by Crippen LogP contribution is -2.30. The summed E-state index contributed by atoms with van der Waals surface area (Å²) < 4.78 is 13.0. The van der Waals surface area contributed by atoms with E-state index in [0.717, 1.165) is 6.42 Å². The lowest BCUT2D eigenvalue weighted by Gasteiger charge is -2.17. The van der Waals surface area contributed by atoms with Gasteiger partial charge >= 0.3 is 0 Å². The van der Waals surface area contributed by atoms with Crippen molar-refractivity contribution in [1.82, 2.24) is 4.90 Å². The molecule has 0 saturated carbocycles. The molecule has 0 spiro atoms. The molecule has 92 valence electrons. The van der Waals surface area contributed by atoms with Crippen LogP contribution in [0, 0.1) is 11.7 Å². The quantitative estimate of drug-likeness (QED) is 0.850. The molecule has 17 heavy (non-hydrogen) atoms. The maximum Gasteiger partial charge on any atom is 0.253 e. The average Bonchev–Trinajstić information content (AvgIpc) is 2.77. The molecule has 1 aromatic rings. The third-order valence-electron chi connectivity index (χ3n) is 3.27. The molecule has 1 saturated heterocycles. The Morgan fingerprint density at radius 2 is 2.35 bits per heavy atom. The zero-order valence-corrected chi connectivity index (χ0v) is 9.77. The SMILES string of the molecule is CC(O)C1CCN(C(=O)c2cccc(F)c2)C1. The van der Waals surface area contributed by atoms with E-state index in [0.29, 0.717) is 18.7 Å². The first kappa shape index (κ1) is 12.0. The van der Waals surface area contributed by atoms with Crippen molar-refractivity contribution in [3.8, 4) is 0 Å². The van der Waals surface area contributed by atoms with Gasteiger partial charge < -0.3 is 10.0 Å². The van der Waals surface area contributed by atoms with E-state index in [1.165, 1.54) is 18.2 Å². The van der Waals surface area contributed by atoms with Gasteiger partial charge in [0.1, 0.15) is 5.82 Å². The molecule has 1 aliphatic heterocycles. The molecule has 1 heterocycles. The van der Waals surface area contributed by atoms with Gasteiger partial charge in [0.2, 0.25) is 0 Å². The molecule has 4 heteroatoms. The third kappa shape index (κ3) is 2.64. The Morgan fingerprint density at radius 1 is 1.59 bits per heavy atom. The molecule has 0 radical (unpaired) electrons. The van der Waals surface area contributed by atoms with Gasteiger partial charge in [0.25, 0.3) is 5.91 Å². The molecule has 1 N–H and O–H groups in total. The predicted molar refractivity (Wildman–Crippen MR) is 62.1 cm³/mol. The van der Waals surface area contributed by atoms with Crippen LogP contribution >= 0.6 is 0 Å². The molecular formula is C13H16FNO2. The number of hydrogen-bond donors (Lipinski definition) is 1. The van der Waals surface area contributed by atoms with Crippen molar-refractivity contribution in [3.05, 3.63) is 35.6 Å². The topological polar surface area (TPSA) is 40.5 Å². The fraction of sp³-hybridized carbons (Fsp3) is 0.462. The van der Waals surface area contributed by atoms with Crippen LogP contribution in [0.5, 0.6) is 0 Å². The summed E-state index contributed by atoms with van der Waals surface area (Å²) in [5.41, 5.74) is 0.372. The van der Waals surface area contributed by atoms with Gasteiger partial charge in [0, 0.05) is 24.6 Å². The number of likely N-dealkylation sites (tertiary alicyclic amines) is 1. The molecule has 0 bridgehead atoms. The second-order valence-electron chi connectivity index (χ2n) is 4.55. The van der Waals surface area contributed by atoms with Crippen LogP contribution in [0.3, 0.4) is 0 Å². The van der Waals surface area contributed by atoms with Crippen molar-refractivity contribution in [2.24, 2.45) is 5.92 Å². The summed E-state index contributed by atoms with van der Waals surface area (Å²) in [5.74, 6) is -0.428. The highest BCUT2D eigenvalue weighted by molar-refractivity contribution is 5.94. The highest BCUT2D eigenvalue weighted by Gasteiger charge is 2.29. The Labute approximate surface area is 99.9 Å². The molecule has 1 aromatic carbocycles. The van der Waals surface area contributed by atoms with Crippen LogP contribution < -0.4 is 0 Å². The summed E-state index contributed by atoms with van der Waals surface area (Å²) in [7, 11) is 0. The van der Waals surface area contributed by atoms with Gasteiger partial charge in [-0.15, -0.1) is 0 Å².